The number of hydrogen-bond donors (Lipinski definition) is 0. The van der Waals surface area contributed by atoms with E-state index in [-0.39, 0.29) is 5.78 Å². The molecule has 0 amide bonds. The minimum atomic E-state index is -0.0692. The SMILES string of the molecule is O=C(C=Cc1ccccc1-n1cncn1)c1ccc(Cl)s1. The first-order valence-electron chi connectivity index (χ1n) is 6.16. The van der Waals surface area contributed by atoms with Crippen molar-refractivity contribution in [2.45, 2.75) is 0 Å². The van der Waals surface area contributed by atoms with Crippen LogP contribution in [0.1, 0.15) is 15.2 Å². The van der Waals surface area contributed by atoms with Gasteiger partial charge in [-0.1, -0.05) is 29.8 Å². The summed E-state index contributed by atoms with van der Waals surface area (Å²) < 4.78 is 2.27. The number of ketones is 1. The van der Waals surface area contributed by atoms with Crippen LogP contribution in [0.25, 0.3) is 11.8 Å². The number of nitrogens with zero attached hydrogens (tertiary/aromatic N) is 3. The van der Waals surface area contributed by atoms with Gasteiger partial charge in [0.2, 0.25) is 0 Å². The van der Waals surface area contributed by atoms with Crippen LogP contribution in [0.4, 0.5) is 0 Å². The number of para-hydroxylation sites is 1. The molecule has 1 aromatic carbocycles. The fraction of sp³-hybridized carbons (Fsp3) is 0. The third-order valence-corrected chi connectivity index (χ3v) is 4.08. The van der Waals surface area contributed by atoms with E-state index in [2.05, 4.69) is 10.1 Å². The van der Waals surface area contributed by atoms with Crippen LogP contribution >= 0.6 is 22.9 Å². The van der Waals surface area contributed by atoms with Crippen LogP contribution in [-0.4, -0.2) is 20.5 Å². The molecule has 0 aliphatic rings. The topological polar surface area (TPSA) is 47.8 Å². The number of carbonyl (C=O) groups excluding carboxylic acids is 1. The van der Waals surface area contributed by atoms with Gasteiger partial charge in [-0.15, -0.1) is 11.3 Å². The van der Waals surface area contributed by atoms with Crippen LogP contribution in [-0.2, 0) is 0 Å². The maximum absolute atomic E-state index is 12.1. The normalized spacial score (nSPS) is 11.1. The van der Waals surface area contributed by atoms with Gasteiger partial charge in [-0.2, -0.15) is 5.10 Å². The lowest BCUT2D eigenvalue weighted by molar-refractivity contribution is 0.105. The second-order valence-corrected chi connectivity index (χ2v) is 5.92. The summed E-state index contributed by atoms with van der Waals surface area (Å²) in [5, 5.41) is 4.11. The first kappa shape index (κ1) is 13.7. The molecular weight excluding hydrogens is 306 g/mol. The van der Waals surface area contributed by atoms with Crippen LogP contribution in [0.5, 0.6) is 0 Å². The van der Waals surface area contributed by atoms with E-state index in [1.165, 1.54) is 23.7 Å². The Bertz CT molecular complexity index is 793. The maximum Gasteiger partial charge on any atom is 0.195 e. The summed E-state index contributed by atoms with van der Waals surface area (Å²) in [7, 11) is 0. The van der Waals surface area contributed by atoms with Crippen molar-refractivity contribution in [2.24, 2.45) is 0 Å². The van der Waals surface area contributed by atoms with E-state index in [0.29, 0.717) is 9.21 Å². The zero-order valence-corrected chi connectivity index (χ0v) is 12.4. The van der Waals surface area contributed by atoms with Crippen molar-refractivity contribution in [1.29, 1.82) is 0 Å². The molecule has 0 bridgehead atoms. The summed E-state index contributed by atoms with van der Waals surface area (Å²) >= 11 is 7.11. The fourth-order valence-electron chi connectivity index (χ4n) is 1.86. The van der Waals surface area contributed by atoms with Crippen molar-refractivity contribution in [2.75, 3.05) is 0 Å². The third kappa shape index (κ3) is 3.09. The summed E-state index contributed by atoms with van der Waals surface area (Å²) in [6.07, 6.45) is 6.40. The van der Waals surface area contributed by atoms with Crippen LogP contribution in [0, 0.1) is 0 Å². The second kappa shape index (κ2) is 6.03. The largest absolute Gasteiger partial charge is 0.288 e. The van der Waals surface area contributed by atoms with Gasteiger partial charge in [0.1, 0.15) is 12.7 Å². The van der Waals surface area contributed by atoms with E-state index >= 15 is 0 Å². The molecule has 6 heteroatoms. The van der Waals surface area contributed by atoms with Gasteiger partial charge in [-0.3, -0.25) is 4.79 Å². The van der Waals surface area contributed by atoms with E-state index < -0.39 is 0 Å². The molecule has 3 rings (SSSR count). The highest BCUT2D eigenvalue weighted by Crippen LogP contribution is 2.22. The van der Waals surface area contributed by atoms with Crippen molar-refractivity contribution in [3.63, 3.8) is 0 Å². The number of benzene rings is 1. The number of thiophene rings is 1. The highest BCUT2D eigenvalue weighted by Gasteiger charge is 2.06. The minimum absolute atomic E-state index is 0.0692. The molecule has 104 valence electrons. The van der Waals surface area contributed by atoms with Crippen LogP contribution in [0.3, 0.4) is 0 Å². The Balaban J connectivity index is 1.88. The first-order chi connectivity index (χ1) is 10.2. The third-order valence-electron chi connectivity index (χ3n) is 2.83. The highest BCUT2D eigenvalue weighted by atomic mass is 35.5. The van der Waals surface area contributed by atoms with Gasteiger partial charge in [-0.25, -0.2) is 9.67 Å². The molecule has 21 heavy (non-hydrogen) atoms. The summed E-state index contributed by atoms with van der Waals surface area (Å²) in [4.78, 5) is 16.6. The molecule has 0 saturated heterocycles. The molecule has 0 N–H and O–H groups in total. The quantitative estimate of drug-likeness (QED) is 0.542. The molecule has 4 nitrogen and oxygen atoms in total. The van der Waals surface area contributed by atoms with Crippen molar-refractivity contribution >= 4 is 34.8 Å². The Labute approximate surface area is 130 Å². The molecule has 0 fully saturated rings. The van der Waals surface area contributed by atoms with Crippen LogP contribution < -0.4 is 0 Å². The summed E-state index contributed by atoms with van der Waals surface area (Å²) in [6, 6.07) is 11.1. The molecule has 0 atom stereocenters. The zero-order chi connectivity index (χ0) is 14.7. The number of aromatic nitrogens is 3. The molecule has 2 aromatic heterocycles. The lowest BCUT2D eigenvalue weighted by Crippen LogP contribution is -1.97. The smallest absolute Gasteiger partial charge is 0.195 e. The zero-order valence-electron chi connectivity index (χ0n) is 10.8. The Morgan fingerprint density at radius 2 is 2.10 bits per heavy atom. The molecule has 0 unspecified atom stereocenters. The van der Waals surface area contributed by atoms with Crippen molar-refractivity contribution < 1.29 is 4.79 Å². The minimum Gasteiger partial charge on any atom is -0.288 e. The van der Waals surface area contributed by atoms with Crippen molar-refractivity contribution in [1.82, 2.24) is 14.8 Å². The molecule has 3 aromatic rings. The van der Waals surface area contributed by atoms with Gasteiger partial charge in [0, 0.05) is 5.56 Å². The Kier molecular flexibility index (Phi) is 3.94. The monoisotopic (exact) mass is 315 g/mol. The molecule has 0 spiro atoms. The number of rotatable bonds is 4. The number of hydrogen-bond acceptors (Lipinski definition) is 4. The predicted octanol–water partition coefficient (Wildman–Crippen LogP) is 3.88. The second-order valence-electron chi connectivity index (χ2n) is 4.20. The van der Waals surface area contributed by atoms with E-state index in [1.54, 1.807) is 29.2 Å². The summed E-state index contributed by atoms with van der Waals surface area (Å²) in [5.41, 5.74) is 1.75. The highest BCUT2D eigenvalue weighted by molar-refractivity contribution is 7.18. The molecule has 2 heterocycles. The Morgan fingerprint density at radius 3 is 2.81 bits per heavy atom. The van der Waals surface area contributed by atoms with E-state index in [9.17, 15) is 4.79 Å². The lowest BCUT2D eigenvalue weighted by atomic mass is 10.1. The average Bonchev–Trinajstić information content (AvgIpc) is 3.16. The van der Waals surface area contributed by atoms with E-state index in [4.69, 9.17) is 11.6 Å². The molecular formula is C15H10ClN3OS. The van der Waals surface area contributed by atoms with Gasteiger partial charge in [0.15, 0.2) is 5.78 Å². The van der Waals surface area contributed by atoms with Gasteiger partial charge >= 0.3 is 0 Å². The number of halogens is 1. The van der Waals surface area contributed by atoms with Gasteiger partial charge in [0.25, 0.3) is 0 Å². The number of carbonyl (C=O) groups is 1. The first-order valence-corrected chi connectivity index (χ1v) is 7.35. The number of allylic oxidation sites excluding steroid dienone is 1. The van der Waals surface area contributed by atoms with E-state index in [0.717, 1.165) is 11.3 Å². The van der Waals surface area contributed by atoms with Crippen molar-refractivity contribution in [3.05, 3.63) is 69.9 Å². The molecule has 0 saturated carbocycles. The Hall–Kier alpha value is -2.24. The van der Waals surface area contributed by atoms with Crippen LogP contribution in [0.2, 0.25) is 4.34 Å². The molecule has 0 aliphatic heterocycles. The fourth-order valence-corrected chi connectivity index (χ4v) is 2.83. The lowest BCUT2D eigenvalue weighted by Gasteiger charge is -2.04. The van der Waals surface area contributed by atoms with Gasteiger partial charge in [-0.05, 0) is 30.4 Å². The molecule has 0 radical (unpaired) electrons. The molecule has 0 aliphatic carbocycles. The standard InChI is InChI=1S/C15H10ClN3OS/c16-15-8-7-14(21-15)13(20)6-5-11-3-1-2-4-12(11)19-10-17-9-18-19/h1-10H. The predicted molar refractivity (Wildman–Crippen MR) is 84.1 cm³/mol. The Morgan fingerprint density at radius 1 is 1.24 bits per heavy atom. The van der Waals surface area contributed by atoms with Crippen molar-refractivity contribution in [3.8, 4) is 5.69 Å². The van der Waals surface area contributed by atoms with Gasteiger partial charge in [0.05, 0.1) is 14.9 Å². The summed E-state index contributed by atoms with van der Waals surface area (Å²) in [5.74, 6) is -0.0692. The summed E-state index contributed by atoms with van der Waals surface area (Å²) in [6.45, 7) is 0. The van der Waals surface area contributed by atoms with Crippen LogP contribution in [0.15, 0.2) is 55.1 Å². The maximum atomic E-state index is 12.1. The average molecular weight is 316 g/mol. The van der Waals surface area contributed by atoms with E-state index in [1.807, 2.05) is 24.3 Å². The van der Waals surface area contributed by atoms with Gasteiger partial charge < -0.3 is 0 Å².